The molecule has 0 aliphatic rings. The van der Waals surface area contributed by atoms with Crippen LogP contribution < -0.4 is 9.77 Å². The van der Waals surface area contributed by atoms with Gasteiger partial charge in [0.15, 0.2) is 5.78 Å². The number of hydrogen-bond donors (Lipinski definition) is 0. The van der Waals surface area contributed by atoms with Gasteiger partial charge in [0.2, 0.25) is 0 Å². The Hall–Kier alpha value is -3.26. The molecule has 0 saturated heterocycles. The summed E-state index contributed by atoms with van der Waals surface area (Å²) in [6.07, 6.45) is 0. The van der Waals surface area contributed by atoms with Crippen LogP contribution in [0.5, 0.6) is 0 Å². The fourth-order valence-electron chi connectivity index (χ4n) is 3.65. The van der Waals surface area contributed by atoms with Crippen molar-refractivity contribution in [3.63, 3.8) is 0 Å². The molecule has 33 heavy (non-hydrogen) atoms. The molecule has 0 saturated carbocycles. The van der Waals surface area contributed by atoms with Crippen molar-refractivity contribution in [2.45, 2.75) is 33.9 Å². The highest BCUT2D eigenvalue weighted by Gasteiger charge is 2.22. The summed E-state index contributed by atoms with van der Waals surface area (Å²) in [5.74, 6) is -0.845. The Bertz CT molecular complexity index is 1180. The number of carbonyl (C=O) groups excluding carboxylic acids is 2. The molecule has 6 nitrogen and oxygen atoms in total. The smallest absolute Gasteiger partial charge is 0.308 e. The summed E-state index contributed by atoms with van der Waals surface area (Å²) >= 11 is 0.837. The van der Waals surface area contributed by atoms with Crippen molar-refractivity contribution in [1.82, 2.24) is 9.47 Å². The van der Waals surface area contributed by atoms with Crippen LogP contribution >= 0.6 is 11.3 Å². The second-order valence-electron chi connectivity index (χ2n) is 7.80. The predicted molar refractivity (Wildman–Crippen MR) is 130 cm³/mol. The van der Waals surface area contributed by atoms with E-state index in [0.29, 0.717) is 16.1 Å². The van der Waals surface area contributed by atoms with Crippen molar-refractivity contribution in [3.8, 4) is 0 Å². The lowest BCUT2D eigenvalue weighted by Gasteiger charge is -2.21. The first-order valence-corrected chi connectivity index (χ1v) is 11.6. The summed E-state index contributed by atoms with van der Waals surface area (Å²) in [6, 6.07) is 13.3. The number of thiazole rings is 1. The molecule has 2 aromatic carbocycles. The van der Waals surface area contributed by atoms with E-state index in [1.54, 1.807) is 38.2 Å². The van der Waals surface area contributed by atoms with Crippen LogP contribution in [0.4, 0.5) is 10.1 Å². The maximum atomic E-state index is 13.1. The molecule has 0 aliphatic carbocycles. The first-order valence-electron chi connectivity index (χ1n) is 10.8. The minimum absolute atomic E-state index is 0.124. The van der Waals surface area contributed by atoms with E-state index < -0.39 is 0 Å². The zero-order chi connectivity index (χ0) is 24.1. The number of hydrogen-bond acceptors (Lipinski definition) is 5. The van der Waals surface area contributed by atoms with Gasteiger partial charge in [-0.15, -0.1) is 0 Å². The fraction of sp³-hybridized carbons (Fsp3) is 0.320. The molecule has 8 heteroatoms. The molecule has 174 valence electrons. The zero-order valence-corrected chi connectivity index (χ0v) is 20.1. The van der Waals surface area contributed by atoms with E-state index in [2.05, 4.69) is 18.7 Å². The summed E-state index contributed by atoms with van der Waals surface area (Å²) in [5.41, 5.74) is 2.80. The largest absolute Gasteiger partial charge is 0.372 e. The number of benzene rings is 2. The van der Waals surface area contributed by atoms with Crippen LogP contribution in [0.1, 0.15) is 45.1 Å². The molecular weight excluding hydrogens is 441 g/mol. The molecule has 3 aromatic rings. The lowest BCUT2D eigenvalue weighted by atomic mass is 10.1. The standard InChI is InChI=1S/C25H28FN3O3S/c1-5-28(6-2)21-13-9-19(10-14-21)22(30)16-29-17(3)23(33-25(29)32)24(31)27(4)15-18-7-11-20(26)12-8-18/h7-14H,5-6,15-16H2,1-4H3. The number of carbonyl (C=O) groups is 2. The first-order chi connectivity index (χ1) is 15.7. The molecule has 0 unspecified atom stereocenters. The molecular formula is C25H28FN3O3S. The maximum Gasteiger partial charge on any atom is 0.308 e. The molecule has 0 fully saturated rings. The van der Waals surface area contributed by atoms with E-state index in [9.17, 15) is 18.8 Å². The third-order valence-electron chi connectivity index (χ3n) is 5.64. The van der Waals surface area contributed by atoms with Crippen LogP contribution in [0.15, 0.2) is 53.3 Å². The molecule has 1 heterocycles. The normalized spacial score (nSPS) is 10.8. The van der Waals surface area contributed by atoms with Gasteiger partial charge in [-0.05, 0) is 62.7 Å². The Morgan fingerprint density at radius 1 is 1.00 bits per heavy atom. The predicted octanol–water partition coefficient (Wildman–Crippen LogP) is 4.36. The minimum Gasteiger partial charge on any atom is -0.372 e. The molecule has 1 amide bonds. The number of ketones is 1. The number of rotatable bonds is 9. The summed E-state index contributed by atoms with van der Waals surface area (Å²) in [6.45, 7) is 7.73. The highest BCUT2D eigenvalue weighted by Crippen LogP contribution is 2.18. The van der Waals surface area contributed by atoms with Gasteiger partial charge in [-0.1, -0.05) is 23.5 Å². The Morgan fingerprint density at radius 3 is 2.18 bits per heavy atom. The first kappa shape index (κ1) is 24.4. The Kier molecular flexibility index (Phi) is 7.81. The average Bonchev–Trinajstić information content (AvgIpc) is 3.09. The van der Waals surface area contributed by atoms with Crippen LogP contribution in [0.3, 0.4) is 0 Å². The second kappa shape index (κ2) is 10.6. The Labute approximate surface area is 196 Å². The number of amides is 1. The average molecular weight is 470 g/mol. The van der Waals surface area contributed by atoms with E-state index in [0.717, 1.165) is 35.7 Å². The summed E-state index contributed by atoms with van der Waals surface area (Å²) in [7, 11) is 1.63. The van der Waals surface area contributed by atoms with Crippen molar-refractivity contribution in [1.29, 1.82) is 0 Å². The topological polar surface area (TPSA) is 62.6 Å². The van der Waals surface area contributed by atoms with Crippen LogP contribution in [0.2, 0.25) is 0 Å². The van der Waals surface area contributed by atoms with Crippen molar-refractivity contribution < 1.29 is 14.0 Å². The van der Waals surface area contributed by atoms with Crippen LogP contribution in [0.25, 0.3) is 0 Å². The monoisotopic (exact) mass is 469 g/mol. The van der Waals surface area contributed by atoms with Gasteiger partial charge in [-0.3, -0.25) is 19.0 Å². The van der Waals surface area contributed by atoms with Gasteiger partial charge in [0, 0.05) is 43.6 Å². The number of nitrogens with zero attached hydrogens (tertiary/aromatic N) is 3. The second-order valence-corrected chi connectivity index (χ2v) is 8.76. The summed E-state index contributed by atoms with van der Waals surface area (Å²) < 4.78 is 14.5. The van der Waals surface area contributed by atoms with Crippen molar-refractivity contribution in [2.75, 3.05) is 25.0 Å². The molecule has 0 aliphatic heterocycles. The van der Waals surface area contributed by atoms with E-state index in [-0.39, 0.29) is 35.5 Å². The summed E-state index contributed by atoms with van der Waals surface area (Å²) in [5, 5.41) is 0. The van der Waals surface area contributed by atoms with E-state index in [1.165, 1.54) is 21.6 Å². The van der Waals surface area contributed by atoms with Gasteiger partial charge in [-0.2, -0.15) is 0 Å². The van der Waals surface area contributed by atoms with Gasteiger partial charge in [-0.25, -0.2) is 4.39 Å². The highest BCUT2D eigenvalue weighted by molar-refractivity contribution is 7.11. The van der Waals surface area contributed by atoms with Gasteiger partial charge in [0.25, 0.3) is 5.91 Å². The zero-order valence-electron chi connectivity index (χ0n) is 19.3. The quantitative estimate of drug-likeness (QED) is 0.437. The molecule has 0 bridgehead atoms. The SMILES string of the molecule is CCN(CC)c1ccc(C(=O)Cn2c(C)c(C(=O)N(C)Cc3ccc(F)cc3)sc2=O)cc1. The number of anilines is 1. The number of aromatic nitrogens is 1. The molecule has 0 atom stereocenters. The molecule has 3 rings (SSSR count). The van der Waals surface area contributed by atoms with E-state index in [4.69, 9.17) is 0 Å². The summed E-state index contributed by atoms with van der Waals surface area (Å²) in [4.78, 5) is 42.0. The third-order valence-corrected chi connectivity index (χ3v) is 6.71. The number of Topliss-reactive ketones (excluding diaryl/α,β-unsaturated/α-hetero) is 1. The van der Waals surface area contributed by atoms with Gasteiger partial charge in [0.05, 0.1) is 6.54 Å². The van der Waals surface area contributed by atoms with E-state index >= 15 is 0 Å². The van der Waals surface area contributed by atoms with Crippen LogP contribution in [-0.4, -0.2) is 41.3 Å². The van der Waals surface area contributed by atoms with Crippen molar-refractivity contribution >= 4 is 28.7 Å². The number of halogens is 1. The van der Waals surface area contributed by atoms with Gasteiger partial charge < -0.3 is 9.80 Å². The fourth-order valence-corrected chi connectivity index (χ4v) is 4.64. The van der Waals surface area contributed by atoms with Crippen molar-refractivity contribution in [3.05, 3.63) is 85.7 Å². The van der Waals surface area contributed by atoms with Gasteiger partial charge >= 0.3 is 4.87 Å². The third kappa shape index (κ3) is 5.57. The Morgan fingerprint density at radius 2 is 1.61 bits per heavy atom. The molecule has 1 aromatic heterocycles. The van der Waals surface area contributed by atoms with E-state index in [1.807, 2.05) is 12.1 Å². The highest BCUT2D eigenvalue weighted by atomic mass is 32.1. The van der Waals surface area contributed by atoms with Crippen LogP contribution in [-0.2, 0) is 13.1 Å². The lowest BCUT2D eigenvalue weighted by molar-refractivity contribution is 0.0787. The molecule has 0 radical (unpaired) electrons. The molecule has 0 N–H and O–H groups in total. The van der Waals surface area contributed by atoms with Crippen molar-refractivity contribution in [2.24, 2.45) is 0 Å². The maximum absolute atomic E-state index is 13.1. The van der Waals surface area contributed by atoms with Gasteiger partial charge in [0.1, 0.15) is 10.7 Å². The lowest BCUT2D eigenvalue weighted by Crippen LogP contribution is -2.26. The Balaban J connectivity index is 1.74. The molecule has 0 spiro atoms. The van der Waals surface area contributed by atoms with Crippen LogP contribution in [0, 0.1) is 12.7 Å². The minimum atomic E-state index is -0.348.